The zero-order chi connectivity index (χ0) is 15.5. The lowest BCUT2D eigenvalue weighted by molar-refractivity contribution is -0.137. The fourth-order valence-corrected chi connectivity index (χ4v) is 2.55. The van der Waals surface area contributed by atoms with Crippen LogP contribution in [0.4, 0.5) is 23.7 Å². The summed E-state index contributed by atoms with van der Waals surface area (Å²) < 4.78 is 37.9. The molecule has 0 spiro atoms. The van der Waals surface area contributed by atoms with E-state index in [1.807, 2.05) is 0 Å². The number of amides is 2. The summed E-state index contributed by atoms with van der Waals surface area (Å²) in [7, 11) is 0. The maximum absolute atomic E-state index is 12.6. The van der Waals surface area contributed by atoms with Gasteiger partial charge < -0.3 is 10.6 Å². The van der Waals surface area contributed by atoms with Gasteiger partial charge in [-0.25, -0.2) is 4.79 Å². The molecule has 0 aliphatic heterocycles. The lowest BCUT2D eigenvalue weighted by atomic mass is 9.96. The molecule has 21 heavy (non-hydrogen) atoms. The molecule has 0 atom stereocenters. The van der Waals surface area contributed by atoms with E-state index in [1.165, 1.54) is 0 Å². The van der Waals surface area contributed by atoms with Gasteiger partial charge in [0.25, 0.3) is 0 Å². The van der Waals surface area contributed by atoms with Gasteiger partial charge in [-0.15, -0.1) is 0 Å². The number of rotatable bonds is 2. The van der Waals surface area contributed by atoms with Crippen molar-refractivity contribution in [2.45, 2.75) is 44.3 Å². The van der Waals surface area contributed by atoms with Crippen LogP contribution < -0.4 is 10.6 Å². The van der Waals surface area contributed by atoms with E-state index in [9.17, 15) is 18.0 Å². The van der Waals surface area contributed by atoms with Crippen molar-refractivity contribution in [3.63, 3.8) is 0 Å². The summed E-state index contributed by atoms with van der Waals surface area (Å²) in [6.45, 7) is 0. The van der Waals surface area contributed by atoms with Crippen LogP contribution in [0.3, 0.4) is 0 Å². The number of anilines is 1. The molecule has 1 aliphatic carbocycles. The zero-order valence-electron chi connectivity index (χ0n) is 11.3. The number of benzene rings is 1. The van der Waals surface area contributed by atoms with Crippen LogP contribution >= 0.6 is 11.6 Å². The SMILES string of the molecule is O=C(Nc1cc(C(F)(F)F)ccc1Cl)NC1CCCCC1. The van der Waals surface area contributed by atoms with Gasteiger partial charge in [-0.05, 0) is 31.0 Å². The molecule has 116 valence electrons. The molecule has 0 aromatic heterocycles. The van der Waals surface area contributed by atoms with E-state index >= 15 is 0 Å². The van der Waals surface area contributed by atoms with E-state index in [0.717, 1.165) is 50.3 Å². The molecule has 3 nitrogen and oxygen atoms in total. The minimum absolute atomic E-state index is 0.0419. The van der Waals surface area contributed by atoms with Crippen molar-refractivity contribution in [2.24, 2.45) is 0 Å². The third kappa shape index (κ3) is 4.52. The molecule has 1 aromatic carbocycles. The van der Waals surface area contributed by atoms with Crippen molar-refractivity contribution >= 4 is 23.3 Å². The molecule has 7 heteroatoms. The maximum Gasteiger partial charge on any atom is 0.416 e. The lowest BCUT2D eigenvalue weighted by Crippen LogP contribution is -2.39. The smallest absolute Gasteiger partial charge is 0.335 e. The molecule has 1 aromatic rings. The van der Waals surface area contributed by atoms with Crippen LogP contribution in [-0.2, 0) is 6.18 Å². The molecule has 0 heterocycles. The molecule has 0 saturated heterocycles. The van der Waals surface area contributed by atoms with E-state index in [2.05, 4.69) is 10.6 Å². The lowest BCUT2D eigenvalue weighted by Gasteiger charge is -2.23. The Balaban J connectivity index is 2.02. The summed E-state index contributed by atoms with van der Waals surface area (Å²) in [5.41, 5.74) is -0.889. The molecular formula is C14H16ClF3N2O. The molecule has 0 bridgehead atoms. The Kier molecular flexibility index (Phi) is 4.98. The summed E-state index contributed by atoms with van der Waals surface area (Å²) in [4.78, 5) is 11.8. The topological polar surface area (TPSA) is 41.1 Å². The molecule has 0 unspecified atom stereocenters. The summed E-state index contributed by atoms with van der Waals surface area (Å²) in [5.74, 6) is 0. The van der Waals surface area contributed by atoms with Gasteiger partial charge in [0.2, 0.25) is 0 Å². The average molecular weight is 321 g/mol. The second kappa shape index (κ2) is 6.56. The highest BCUT2D eigenvalue weighted by molar-refractivity contribution is 6.33. The minimum atomic E-state index is -4.47. The first kappa shape index (κ1) is 15.9. The molecule has 2 rings (SSSR count). The number of alkyl halides is 3. The first-order valence-electron chi connectivity index (χ1n) is 6.80. The van der Waals surface area contributed by atoms with Gasteiger partial charge in [0, 0.05) is 6.04 Å². The molecule has 2 N–H and O–H groups in total. The summed E-state index contributed by atoms with van der Waals surface area (Å²) >= 11 is 5.82. The zero-order valence-corrected chi connectivity index (χ0v) is 12.0. The Morgan fingerprint density at radius 2 is 1.86 bits per heavy atom. The van der Waals surface area contributed by atoms with Crippen LogP contribution in [0.2, 0.25) is 5.02 Å². The van der Waals surface area contributed by atoms with Crippen LogP contribution in [0, 0.1) is 0 Å². The number of carbonyl (C=O) groups excluding carboxylic acids is 1. The molecular weight excluding hydrogens is 305 g/mol. The minimum Gasteiger partial charge on any atom is -0.335 e. The van der Waals surface area contributed by atoms with Crippen LogP contribution in [0.25, 0.3) is 0 Å². The molecule has 1 saturated carbocycles. The summed E-state index contributed by atoms with van der Waals surface area (Å²) in [6.07, 6.45) is 0.568. The second-order valence-electron chi connectivity index (χ2n) is 5.13. The van der Waals surface area contributed by atoms with Crippen LogP contribution in [0.1, 0.15) is 37.7 Å². The Bertz CT molecular complexity index is 513. The van der Waals surface area contributed by atoms with Gasteiger partial charge in [-0.2, -0.15) is 13.2 Å². The van der Waals surface area contributed by atoms with E-state index < -0.39 is 17.8 Å². The number of hydrogen-bond donors (Lipinski definition) is 2. The molecule has 0 radical (unpaired) electrons. The van der Waals surface area contributed by atoms with Crippen LogP contribution in [0.15, 0.2) is 18.2 Å². The van der Waals surface area contributed by atoms with E-state index in [4.69, 9.17) is 11.6 Å². The first-order chi connectivity index (χ1) is 9.86. The quantitative estimate of drug-likeness (QED) is 0.806. The number of hydrogen-bond acceptors (Lipinski definition) is 1. The van der Waals surface area contributed by atoms with Gasteiger partial charge in [0.05, 0.1) is 16.3 Å². The van der Waals surface area contributed by atoms with Crippen molar-refractivity contribution in [2.75, 3.05) is 5.32 Å². The predicted molar refractivity (Wildman–Crippen MR) is 75.5 cm³/mol. The van der Waals surface area contributed by atoms with Gasteiger partial charge in [-0.3, -0.25) is 0 Å². The molecule has 2 amide bonds. The normalized spacial score (nSPS) is 16.6. The third-order valence-corrected chi connectivity index (χ3v) is 3.81. The van der Waals surface area contributed by atoms with Crippen molar-refractivity contribution in [3.05, 3.63) is 28.8 Å². The van der Waals surface area contributed by atoms with E-state index in [1.54, 1.807) is 0 Å². The number of urea groups is 1. The van der Waals surface area contributed by atoms with E-state index in [-0.39, 0.29) is 16.8 Å². The highest BCUT2D eigenvalue weighted by Gasteiger charge is 2.31. The van der Waals surface area contributed by atoms with Crippen molar-refractivity contribution < 1.29 is 18.0 Å². The predicted octanol–water partition coefficient (Wildman–Crippen LogP) is 4.81. The largest absolute Gasteiger partial charge is 0.416 e. The Hall–Kier alpha value is -1.43. The van der Waals surface area contributed by atoms with Gasteiger partial charge in [0.1, 0.15) is 0 Å². The highest BCUT2D eigenvalue weighted by atomic mass is 35.5. The first-order valence-corrected chi connectivity index (χ1v) is 7.18. The summed E-state index contributed by atoms with van der Waals surface area (Å²) in [6, 6.07) is 2.39. The fraction of sp³-hybridized carbons (Fsp3) is 0.500. The van der Waals surface area contributed by atoms with Crippen LogP contribution in [-0.4, -0.2) is 12.1 Å². The monoisotopic (exact) mass is 320 g/mol. The Labute approximate surface area is 125 Å². The maximum atomic E-state index is 12.6. The highest BCUT2D eigenvalue weighted by Crippen LogP contribution is 2.33. The van der Waals surface area contributed by atoms with Crippen molar-refractivity contribution in [1.82, 2.24) is 5.32 Å². The van der Waals surface area contributed by atoms with Gasteiger partial charge in [0.15, 0.2) is 0 Å². The number of halogens is 4. The average Bonchev–Trinajstić information content (AvgIpc) is 2.41. The van der Waals surface area contributed by atoms with Crippen molar-refractivity contribution in [1.29, 1.82) is 0 Å². The standard InChI is InChI=1S/C14H16ClF3N2O/c15-11-7-6-9(14(16,17)18)8-12(11)20-13(21)19-10-4-2-1-3-5-10/h6-8,10H,1-5H2,(H2,19,20,21). The number of nitrogens with one attached hydrogen (secondary N) is 2. The number of carbonyl (C=O) groups is 1. The molecule has 1 fully saturated rings. The third-order valence-electron chi connectivity index (χ3n) is 3.48. The fourth-order valence-electron chi connectivity index (χ4n) is 2.39. The van der Waals surface area contributed by atoms with Gasteiger partial charge in [-0.1, -0.05) is 30.9 Å². The van der Waals surface area contributed by atoms with Gasteiger partial charge >= 0.3 is 12.2 Å². The van der Waals surface area contributed by atoms with Crippen LogP contribution in [0.5, 0.6) is 0 Å². The van der Waals surface area contributed by atoms with Crippen molar-refractivity contribution in [3.8, 4) is 0 Å². The Morgan fingerprint density at radius 3 is 2.48 bits per heavy atom. The molecule has 1 aliphatic rings. The Morgan fingerprint density at radius 1 is 1.19 bits per heavy atom. The summed E-state index contributed by atoms with van der Waals surface area (Å²) in [5, 5.41) is 5.22. The van der Waals surface area contributed by atoms with E-state index in [0.29, 0.717) is 0 Å². The second-order valence-corrected chi connectivity index (χ2v) is 5.53.